The second-order valence-electron chi connectivity index (χ2n) is 5.70. The molecule has 7 heteroatoms. The molecule has 0 bridgehead atoms. The van der Waals surface area contributed by atoms with Gasteiger partial charge >= 0.3 is 0 Å². The monoisotopic (exact) mass is 436 g/mol. The van der Waals surface area contributed by atoms with Crippen molar-refractivity contribution in [1.82, 2.24) is 10.2 Å². The summed E-state index contributed by atoms with van der Waals surface area (Å²) in [6, 6.07) is 0. The largest absolute Gasteiger partial charge is 0.356 e. The van der Waals surface area contributed by atoms with Crippen LogP contribution in [-0.2, 0) is 14.4 Å². The fourth-order valence-corrected chi connectivity index (χ4v) is 3.94. The van der Waals surface area contributed by atoms with E-state index in [0.29, 0.717) is 6.54 Å². The summed E-state index contributed by atoms with van der Waals surface area (Å²) in [5, 5.41) is 2.60. The van der Waals surface area contributed by atoms with Gasteiger partial charge in [0, 0.05) is 25.9 Å². The number of imide groups is 1. The Morgan fingerprint density at radius 1 is 1.14 bits per heavy atom. The minimum Gasteiger partial charge on any atom is -0.356 e. The van der Waals surface area contributed by atoms with E-state index >= 15 is 0 Å². The van der Waals surface area contributed by atoms with E-state index in [4.69, 9.17) is 0 Å². The highest BCUT2D eigenvalue weighted by atomic mass is 32.2. The van der Waals surface area contributed by atoms with Crippen LogP contribution < -0.4 is 5.32 Å². The molecule has 1 saturated heterocycles. The molecule has 1 aliphatic rings. The van der Waals surface area contributed by atoms with Gasteiger partial charge in [-0.2, -0.15) is 0 Å². The molecule has 1 atom stereocenters. The van der Waals surface area contributed by atoms with Gasteiger partial charge in [0.1, 0.15) is 0 Å². The number of nitrogens with zero attached hydrogens (tertiary/aromatic N) is 1. The van der Waals surface area contributed by atoms with Crippen molar-refractivity contribution in [2.75, 3.05) is 38.3 Å². The molecule has 1 fully saturated rings. The quantitative estimate of drug-likeness (QED) is 0.298. The molecule has 3 amide bonds. The number of carbonyl (C=O) groups excluding carboxylic acids is 3. The fourth-order valence-electron chi connectivity index (χ4n) is 2.11. The summed E-state index contributed by atoms with van der Waals surface area (Å²) < 4.78 is 0. The molecule has 168 valence electrons. The Bertz CT molecular complexity index is 407. The molecule has 0 aromatic carbocycles. The lowest BCUT2D eigenvalue weighted by Gasteiger charge is -2.15. The molecule has 0 saturated carbocycles. The third kappa shape index (κ3) is 15.3. The Morgan fingerprint density at radius 3 is 2.21 bits per heavy atom. The van der Waals surface area contributed by atoms with Crippen LogP contribution in [0.3, 0.4) is 0 Å². The number of unbranched alkanes of at least 4 members (excludes halogenated alkanes) is 1. The van der Waals surface area contributed by atoms with Crippen LogP contribution in [0.5, 0.6) is 0 Å². The summed E-state index contributed by atoms with van der Waals surface area (Å²) >= 11 is 1.57. The second kappa shape index (κ2) is 22.7. The van der Waals surface area contributed by atoms with E-state index in [1.165, 1.54) is 4.90 Å². The van der Waals surface area contributed by atoms with Gasteiger partial charge in [-0.05, 0) is 31.7 Å². The number of carbonyl (C=O) groups is 3. The molecular formula is C21H45N2O3PS. The summed E-state index contributed by atoms with van der Waals surface area (Å²) in [4.78, 5) is 37.1. The normalized spacial score (nSPS) is 15.1. The Kier molecular flexibility index (Phi) is 26.0. The molecule has 0 radical (unpaired) electrons. The first kappa shape index (κ1) is 32.1. The van der Waals surface area contributed by atoms with Gasteiger partial charge in [0.2, 0.25) is 17.7 Å². The zero-order valence-electron chi connectivity index (χ0n) is 19.8. The maximum Gasteiger partial charge on any atom is 0.242 e. The van der Waals surface area contributed by atoms with E-state index in [9.17, 15) is 14.4 Å². The van der Waals surface area contributed by atoms with Crippen molar-refractivity contribution in [1.29, 1.82) is 0 Å². The van der Waals surface area contributed by atoms with Crippen LogP contribution in [0, 0.1) is 0 Å². The van der Waals surface area contributed by atoms with Gasteiger partial charge < -0.3 is 5.32 Å². The zero-order chi connectivity index (χ0) is 22.5. The van der Waals surface area contributed by atoms with Crippen LogP contribution in [0.1, 0.15) is 74.1 Å². The highest BCUT2D eigenvalue weighted by Gasteiger charge is 2.38. The number of nitrogens with one attached hydrogen (secondary N) is 1. The van der Waals surface area contributed by atoms with Gasteiger partial charge in [-0.3, -0.25) is 19.3 Å². The maximum absolute atomic E-state index is 12.2. The summed E-state index contributed by atoms with van der Waals surface area (Å²) in [6.07, 6.45) is 3.63. The second-order valence-corrected chi connectivity index (χ2v) is 9.62. The Balaban J connectivity index is -0.000000946. The van der Waals surface area contributed by atoms with E-state index in [1.807, 2.05) is 41.5 Å². The van der Waals surface area contributed by atoms with Crippen molar-refractivity contribution in [3.8, 4) is 0 Å². The third-order valence-corrected chi connectivity index (χ3v) is 5.88. The summed E-state index contributed by atoms with van der Waals surface area (Å²) in [7, 11) is -0.0132. The molecule has 1 aliphatic heterocycles. The molecule has 0 aliphatic carbocycles. The molecule has 0 aromatic rings. The van der Waals surface area contributed by atoms with Gasteiger partial charge in [0.05, 0.1) is 5.25 Å². The minimum absolute atomic E-state index is 0.0132. The highest BCUT2D eigenvalue weighted by Crippen LogP contribution is 2.26. The van der Waals surface area contributed by atoms with E-state index < -0.39 is 0 Å². The molecule has 5 nitrogen and oxygen atoms in total. The lowest BCUT2D eigenvalue weighted by atomic mass is 10.3. The van der Waals surface area contributed by atoms with Crippen molar-refractivity contribution in [2.24, 2.45) is 0 Å². The maximum atomic E-state index is 12.2. The molecule has 0 spiro atoms. The predicted octanol–water partition coefficient (Wildman–Crippen LogP) is 4.97. The SMILES string of the molecule is CC.CC.CC.CCCCSC1CC(=O)N(CCC(=O)NCCP(C)C)C1=O. The van der Waals surface area contributed by atoms with Crippen LogP contribution in [-0.4, -0.2) is 66.2 Å². The Hall–Kier alpha value is -0.610. The number of amides is 3. The van der Waals surface area contributed by atoms with Gasteiger partial charge in [-0.1, -0.05) is 54.9 Å². The molecule has 0 aromatic heterocycles. The number of thioether (sulfide) groups is 1. The lowest BCUT2D eigenvalue weighted by molar-refractivity contribution is -0.138. The number of hydrogen-bond donors (Lipinski definition) is 1. The van der Waals surface area contributed by atoms with Crippen LogP contribution in [0.2, 0.25) is 0 Å². The number of likely N-dealkylation sites (tertiary alicyclic amines) is 1. The highest BCUT2D eigenvalue weighted by molar-refractivity contribution is 8.00. The smallest absolute Gasteiger partial charge is 0.242 e. The van der Waals surface area contributed by atoms with E-state index in [2.05, 4.69) is 25.6 Å². The lowest BCUT2D eigenvalue weighted by Crippen LogP contribution is -2.36. The van der Waals surface area contributed by atoms with Gasteiger partial charge in [-0.25, -0.2) is 0 Å². The first-order chi connectivity index (χ1) is 13.5. The summed E-state index contributed by atoms with van der Waals surface area (Å²) in [5.41, 5.74) is 0. The van der Waals surface area contributed by atoms with Gasteiger partial charge in [0.25, 0.3) is 0 Å². The van der Waals surface area contributed by atoms with Crippen LogP contribution in [0.15, 0.2) is 0 Å². The van der Waals surface area contributed by atoms with E-state index in [1.54, 1.807) is 11.8 Å². The average molecular weight is 437 g/mol. The molecular weight excluding hydrogens is 391 g/mol. The fraction of sp³-hybridized carbons (Fsp3) is 0.857. The van der Waals surface area contributed by atoms with Crippen LogP contribution in [0.4, 0.5) is 0 Å². The van der Waals surface area contributed by atoms with Crippen LogP contribution >= 0.6 is 19.7 Å². The zero-order valence-corrected chi connectivity index (χ0v) is 21.5. The Labute approximate surface area is 179 Å². The van der Waals surface area contributed by atoms with Crippen molar-refractivity contribution >= 4 is 37.4 Å². The van der Waals surface area contributed by atoms with Crippen molar-refractivity contribution in [3.63, 3.8) is 0 Å². The number of hydrogen-bond acceptors (Lipinski definition) is 4. The first-order valence-corrected chi connectivity index (χ1v) is 14.3. The third-order valence-electron chi connectivity index (χ3n) is 3.46. The topological polar surface area (TPSA) is 66.5 Å². The van der Waals surface area contributed by atoms with Crippen molar-refractivity contribution < 1.29 is 14.4 Å². The molecule has 1 rings (SSSR count). The molecule has 1 heterocycles. The van der Waals surface area contributed by atoms with Crippen molar-refractivity contribution in [3.05, 3.63) is 0 Å². The van der Waals surface area contributed by atoms with E-state index in [0.717, 1.165) is 24.8 Å². The van der Waals surface area contributed by atoms with Crippen LogP contribution in [0.25, 0.3) is 0 Å². The first-order valence-electron chi connectivity index (χ1n) is 10.8. The summed E-state index contributed by atoms with van der Waals surface area (Å²) in [6.45, 7) is 19.3. The van der Waals surface area contributed by atoms with Crippen molar-refractivity contribution in [2.45, 2.75) is 79.4 Å². The minimum atomic E-state index is -0.245. The van der Waals surface area contributed by atoms with Gasteiger partial charge in [0.15, 0.2) is 0 Å². The van der Waals surface area contributed by atoms with Gasteiger partial charge in [-0.15, -0.1) is 19.7 Å². The summed E-state index contributed by atoms with van der Waals surface area (Å²) in [5.74, 6) is 0.562. The predicted molar refractivity (Wildman–Crippen MR) is 128 cm³/mol. The van der Waals surface area contributed by atoms with E-state index in [-0.39, 0.29) is 50.3 Å². The number of rotatable bonds is 10. The molecule has 1 N–H and O–H groups in total. The molecule has 28 heavy (non-hydrogen) atoms. The Morgan fingerprint density at radius 2 is 1.71 bits per heavy atom. The average Bonchev–Trinajstić information content (AvgIpc) is 2.98. The standard InChI is InChI=1S/C15H27N2O3PS.3C2H6/c1-4-5-10-22-12-11-14(19)17(15(12)20)8-6-13(18)16-7-9-21(2)3;3*1-2/h12H,4-11H2,1-3H3,(H,16,18);3*1-2H3. The molecule has 1 unspecified atom stereocenters.